The van der Waals surface area contributed by atoms with E-state index in [-0.39, 0.29) is 34.5 Å². The molecule has 0 saturated heterocycles. The number of hydrogen-bond acceptors (Lipinski definition) is 2. The molecule has 0 unspecified atom stereocenters. The van der Waals surface area contributed by atoms with Crippen molar-refractivity contribution in [3.8, 4) is 0 Å². The largest absolute Gasteiger partial charge is 0.354 e. The zero-order valence-corrected chi connectivity index (χ0v) is 13.4. The molecular formula is C17H13Cl2NO2. The molecule has 1 N–H and O–H groups in total. The van der Waals surface area contributed by atoms with Gasteiger partial charge in [0.05, 0.1) is 16.1 Å². The van der Waals surface area contributed by atoms with Gasteiger partial charge < -0.3 is 4.98 Å². The monoisotopic (exact) mass is 333 g/mol. The smallest absolute Gasteiger partial charge is 0.166 e. The van der Waals surface area contributed by atoms with E-state index in [2.05, 4.69) is 4.98 Å². The van der Waals surface area contributed by atoms with Crippen LogP contribution in [0.1, 0.15) is 34.1 Å². The Hall–Kier alpha value is -1.84. The summed E-state index contributed by atoms with van der Waals surface area (Å²) in [6.45, 7) is 1.44. The third-order valence-corrected chi connectivity index (χ3v) is 4.20. The first-order valence-corrected chi connectivity index (χ1v) is 7.79. The van der Waals surface area contributed by atoms with Crippen molar-refractivity contribution in [2.24, 2.45) is 0 Å². The van der Waals surface area contributed by atoms with Crippen molar-refractivity contribution in [3.63, 3.8) is 0 Å². The van der Waals surface area contributed by atoms with Crippen molar-refractivity contribution >= 4 is 56.6 Å². The number of carbonyl (C=O) groups excluding carboxylic acids is 2. The number of rotatable bonds is 4. The molecule has 3 aromatic rings. The predicted octanol–water partition coefficient (Wildman–Crippen LogP) is 4.99. The highest BCUT2D eigenvalue weighted by Gasteiger charge is 2.23. The second-order valence-electron chi connectivity index (χ2n) is 5.12. The lowest BCUT2D eigenvalue weighted by Gasteiger charge is -2.09. The summed E-state index contributed by atoms with van der Waals surface area (Å²) < 4.78 is 0. The molecule has 0 spiro atoms. The molecule has 0 aliphatic heterocycles. The SMILES string of the molecule is CC(=O)c1c(C(=O)CCCl)c(Cl)cc2c1[nH]c1ccccc12. The zero-order chi connectivity index (χ0) is 15.9. The molecule has 5 heteroatoms. The summed E-state index contributed by atoms with van der Waals surface area (Å²) >= 11 is 12.0. The standard InChI is InChI=1S/C17H13Cl2NO2/c1-9(21)15-16(14(22)6-7-18)12(19)8-11-10-4-2-3-5-13(10)20-17(11)15/h2-5,8,20H,6-7H2,1H3. The lowest BCUT2D eigenvalue weighted by Crippen LogP contribution is -2.09. The summed E-state index contributed by atoms with van der Waals surface area (Å²) in [6.07, 6.45) is 0.146. The van der Waals surface area contributed by atoms with Crippen LogP contribution in [0, 0.1) is 0 Å². The number of fused-ring (bicyclic) bond motifs is 3. The van der Waals surface area contributed by atoms with E-state index >= 15 is 0 Å². The molecule has 0 amide bonds. The summed E-state index contributed by atoms with van der Waals surface area (Å²) in [5, 5.41) is 2.10. The Bertz CT molecular complexity index is 912. The third-order valence-electron chi connectivity index (χ3n) is 3.71. The van der Waals surface area contributed by atoms with Crippen LogP contribution in [-0.2, 0) is 0 Å². The Balaban J connectivity index is 2.44. The van der Waals surface area contributed by atoms with Crippen molar-refractivity contribution in [2.75, 3.05) is 5.88 Å². The molecule has 3 nitrogen and oxygen atoms in total. The maximum absolute atomic E-state index is 12.3. The van der Waals surface area contributed by atoms with Gasteiger partial charge in [0.15, 0.2) is 11.6 Å². The second-order valence-corrected chi connectivity index (χ2v) is 5.91. The molecule has 0 bridgehead atoms. The summed E-state index contributed by atoms with van der Waals surface area (Å²) in [5.74, 6) is -0.222. The Morgan fingerprint density at radius 1 is 1.14 bits per heavy atom. The summed E-state index contributed by atoms with van der Waals surface area (Å²) in [4.78, 5) is 27.7. The van der Waals surface area contributed by atoms with Crippen LogP contribution in [0.3, 0.4) is 0 Å². The minimum Gasteiger partial charge on any atom is -0.354 e. The van der Waals surface area contributed by atoms with Gasteiger partial charge in [0, 0.05) is 34.2 Å². The Labute approximate surface area is 137 Å². The lowest BCUT2D eigenvalue weighted by molar-refractivity contribution is 0.0967. The van der Waals surface area contributed by atoms with Gasteiger partial charge in [-0.15, -0.1) is 11.6 Å². The van der Waals surface area contributed by atoms with Crippen molar-refractivity contribution in [1.82, 2.24) is 4.98 Å². The number of aromatic nitrogens is 1. The minimum atomic E-state index is -0.217. The fourth-order valence-corrected chi connectivity index (χ4v) is 3.27. The van der Waals surface area contributed by atoms with Crippen LogP contribution in [0.2, 0.25) is 5.02 Å². The van der Waals surface area contributed by atoms with Crippen LogP contribution in [0.4, 0.5) is 0 Å². The number of carbonyl (C=O) groups is 2. The molecule has 1 aromatic heterocycles. The van der Waals surface area contributed by atoms with Gasteiger partial charge in [-0.3, -0.25) is 9.59 Å². The van der Waals surface area contributed by atoms with Gasteiger partial charge >= 0.3 is 0 Å². The van der Waals surface area contributed by atoms with Crippen LogP contribution in [0.5, 0.6) is 0 Å². The van der Waals surface area contributed by atoms with Gasteiger partial charge in [0.25, 0.3) is 0 Å². The molecule has 3 rings (SSSR count). The molecule has 0 fully saturated rings. The second kappa shape index (κ2) is 5.75. The van der Waals surface area contributed by atoms with E-state index in [1.54, 1.807) is 6.07 Å². The summed E-state index contributed by atoms with van der Waals surface area (Å²) in [6, 6.07) is 9.45. The summed E-state index contributed by atoms with van der Waals surface area (Å²) in [7, 11) is 0. The van der Waals surface area contributed by atoms with E-state index in [1.165, 1.54) is 6.92 Å². The average molecular weight is 334 g/mol. The summed E-state index contributed by atoms with van der Waals surface area (Å²) in [5.41, 5.74) is 2.15. The first-order chi connectivity index (χ1) is 10.5. The molecule has 2 aromatic carbocycles. The number of halogens is 2. The van der Waals surface area contributed by atoms with E-state index in [0.717, 1.165) is 16.3 Å². The van der Waals surface area contributed by atoms with Gasteiger partial charge in [-0.05, 0) is 19.1 Å². The van der Waals surface area contributed by atoms with Crippen LogP contribution in [0.25, 0.3) is 21.8 Å². The minimum absolute atomic E-state index is 0.146. The fourth-order valence-electron chi connectivity index (χ4n) is 2.79. The number of aromatic amines is 1. The highest BCUT2D eigenvalue weighted by Crippen LogP contribution is 2.34. The predicted molar refractivity (Wildman–Crippen MR) is 90.5 cm³/mol. The first kappa shape index (κ1) is 15.1. The van der Waals surface area contributed by atoms with Crippen molar-refractivity contribution in [2.45, 2.75) is 13.3 Å². The number of nitrogens with one attached hydrogen (secondary N) is 1. The van der Waals surface area contributed by atoms with Crippen molar-refractivity contribution in [1.29, 1.82) is 0 Å². The van der Waals surface area contributed by atoms with Crippen LogP contribution >= 0.6 is 23.2 Å². The van der Waals surface area contributed by atoms with E-state index in [9.17, 15) is 9.59 Å². The molecule has 112 valence electrons. The van der Waals surface area contributed by atoms with Gasteiger partial charge in [-0.25, -0.2) is 0 Å². The molecule has 0 radical (unpaired) electrons. The van der Waals surface area contributed by atoms with E-state index in [4.69, 9.17) is 23.2 Å². The highest BCUT2D eigenvalue weighted by molar-refractivity contribution is 6.37. The van der Waals surface area contributed by atoms with E-state index in [0.29, 0.717) is 11.1 Å². The maximum Gasteiger partial charge on any atom is 0.166 e. The average Bonchev–Trinajstić information content (AvgIpc) is 2.84. The molecule has 0 atom stereocenters. The molecule has 22 heavy (non-hydrogen) atoms. The maximum atomic E-state index is 12.3. The number of hydrogen-bond donors (Lipinski definition) is 1. The Morgan fingerprint density at radius 3 is 2.55 bits per heavy atom. The normalized spacial score (nSPS) is 11.2. The molecule has 1 heterocycles. The number of H-pyrrole nitrogens is 1. The van der Waals surface area contributed by atoms with E-state index in [1.807, 2.05) is 24.3 Å². The van der Waals surface area contributed by atoms with Crippen LogP contribution < -0.4 is 0 Å². The highest BCUT2D eigenvalue weighted by atomic mass is 35.5. The third kappa shape index (κ3) is 2.31. The van der Waals surface area contributed by atoms with Gasteiger partial charge in [0.2, 0.25) is 0 Å². The first-order valence-electron chi connectivity index (χ1n) is 6.87. The van der Waals surface area contributed by atoms with Crippen LogP contribution in [-0.4, -0.2) is 22.4 Å². The van der Waals surface area contributed by atoms with Crippen LogP contribution in [0.15, 0.2) is 30.3 Å². The molecule has 0 saturated carbocycles. The molecule has 0 aliphatic carbocycles. The van der Waals surface area contributed by atoms with Gasteiger partial charge in [-0.1, -0.05) is 29.8 Å². The molecular weight excluding hydrogens is 321 g/mol. The zero-order valence-electron chi connectivity index (χ0n) is 11.9. The Morgan fingerprint density at radius 2 is 1.86 bits per heavy atom. The number of Topliss-reactive ketones (excluding diaryl/α,β-unsaturated/α-hetero) is 2. The van der Waals surface area contributed by atoms with E-state index < -0.39 is 0 Å². The topological polar surface area (TPSA) is 49.9 Å². The number of benzene rings is 2. The number of ketones is 2. The van der Waals surface area contributed by atoms with Crippen molar-refractivity contribution < 1.29 is 9.59 Å². The van der Waals surface area contributed by atoms with Crippen molar-refractivity contribution in [3.05, 3.63) is 46.5 Å². The fraction of sp³-hybridized carbons (Fsp3) is 0.176. The number of para-hydroxylation sites is 1. The number of alkyl halides is 1. The molecule has 0 aliphatic rings. The quantitative estimate of drug-likeness (QED) is 0.540. The Kier molecular flexibility index (Phi) is 3.94. The van der Waals surface area contributed by atoms with Gasteiger partial charge in [0.1, 0.15) is 0 Å². The lowest BCUT2D eigenvalue weighted by atomic mass is 9.96. The van der Waals surface area contributed by atoms with Gasteiger partial charge in [-0.2, -0.15) is 0 Å².